The zero-order chi connectivity index (χ0) is 9.97. The molecule has 0 fully saturated rings. The fourth-order valence-corrected chi connectivity index (χ4v) is 2.53. The second kappa shape index (κ2) is 4.12. The van der Waals surface area contributed by atoms with Crippen molar-refractivity contribution < 1.29 is 0 Å². The van der Waals surface area contributed by atoms with E-state index >= 15 is 0 Å². The van der Waals surface area contributed by atoms with Crippen LogP contribution < -0.4 is 5.32 Å². The van der Waals surface area contributed by atoms with Crippen LogP contribution in [0.25, 0.3) is 10.7 Å². The third-order valence-corrected chi connectivity index (χ3v) is 3.35. The highest BCUT2D eigenvalue weighted by Crippen LogP contribution is 2.24. The van der Waals surface area contributed by atoms with E-state index < -0.39 is 0 Å². The maximum absolute atomic E-state index is 4.36. The highest BCUT2D eigenvalue weighted by atomic mass is 32.1. The van der Waals surface area contributed by atoms with E-state index in [0.717, 1.165) is 27.3 Å². The van der Waals surface area contributed by atoms with Crippen LogP contribution in [0.4, 0.5) is 0 Å². The van der Waals surface area contributed by atoms with Crippen molar-refractivity contribution in [2.75, 3.05) is 7.05 Å². The molecule has 0 aliphatic heterocycles. The Morgan fingerprint density at radius 2 is 2.29 bits per heavy atom. The van der Waals surface area contributed by atoms with E-state index in [2.05, 4.69) is 20.5 Å². The molecule has 4 nitrogen and oxygen atoms in total. The normalized spacial score (nSPS) is 10.7. The highest BCUT2D eigenvalue weighted by Gasteiger charge is 2.08. The summed E-state index contributed by atoms with van der Waals surface area (Å²) in [5.41, 5.74) is 0.937. The van der Waals surface area contributed by atoms with Gasteiger partial charge in [0.05, 0.1) is 5.01 Å². The molecule has 2 rings (SSSR count). The second-order valence-corrected chi connectivity index (χ2v) is 4.91. The van der Waals surface area contributed by atoms with E-state index in [1.807, 2.05) is 19.4 Å². The van der Waals surface area contributed by atoms with Crippen LogP contribution in [-0.2, 0) is 6.54 Å². The summed E-state index contributed by atoms with van der Waals surface area (Å²) in [6.07, 6.45) is 0. The fraction of sp³-hybridized carbons (Fsp3) is 0.375. The van der Waals surface area contributed by atoms with E-state index in [4.69, 9.17) is 0 Å². The van der Waals surface area contributed by atoms with Gasteiger partial charge < -0.3 is 5.32 Å². The number of rotatable bonds is 3. The molecule has 0 spiro atoms. The summed E-state index contributed by atoms with van der Waals surface area (Å²) < 4.78 is 0. The molecule has 2 aromatic rings. The summed E-state index contributed by atoms with van der Waals surface area (Å²) in [6, 6.07) is 0. The predicted molar refractivity (Wildman–Crippen MR) is 58.5 cm³/mol. The van der Waals surface area contributed by atoms with Crippen molar-refractivity contribution in [2.45, 2.75) is 13.5 Å². The van der Waals surface area contributed by atoms with Crippen molar-refractivity contribution in [3.63, 3.8) is 0 Å². The van der Waals surface area contributed by atoms with Crippen LogP contribution in [-0.4, -0.2) is 22.2 Å². The highest BCUT2D eigenvalue weighted by molar-refractivity contribution is 7.15. The van der Waals surface area contributed by atoms with Crippen LogP contribution in [0.3, 0.4) is 0 Å². The minimum Gasteiger partial charge on any atom is -0.313 e. The second-order valence-electron chi connectivity index (χ2n) is 2.78. The monoisotopic (exact) mass is 226 g/mol. The van der Waals surface area contributed by atoms with E-state index in [9.17, 15) is 0 Å². The average molecular weight is 226 g/mol. The lowest BCUT2D eigenvalue weighted by Crippen LogP contribution is -2.04. The minimum atomic E-state index is 0.765. The average Bonchev–Trinajstić information content (AvgIpc) is 2.74. The van der Waals surface area contributed by atoms with Crippen LogP contribution in [0.15, 0.2) is 5.38 Å². The van der Waals surface area contributed by atoms with Crippen molar-refractivity contribution in [3.05, 3.63) is 15.4 Å². The summed E-state index contributed by atoms with van der Waals surface area (Å²) in [5, 5.41) is 16.2. The number of nitrogens with zero attached hydrogens (tertiary/aromatic N) is 3. The van der Waals surface area contributed by atoms with Gasteiger partial charge in [0.15, 0.2) is 5.01 Å². The van der Waals surface area contributed by atoms with Crippen LogP contribution in [0.1, 0.15) is 10.0 Å². The Morgan fingerprint density at radius 3 is 2.93 bits per heavy atom. The van der Waals surface area contributed by atoms with E-state index in [0.29, 0.717) is 0 Å². The summed E-state index contributed by atoms with van der Waals surface area (Å²) in [5.74, 6) is 0. The molecule has 6 heteroatoms. The molecule has 0 saturated carbocycles. The molecule has 74 valence electrons. The molecular weight excluding hydrogens is 216 g/mol. The summed E-state index contributed by atoms with van der Waals surface area (Å²) in [7, 11) is 1.90. The number of hydrogen-bond donors (Lipinski definition) is 1. The molecule has 0 unspecified atom stereocenters. The molecule has 2 aromatic heterocycles. The van der Waals surface area contributed by atoms with Gasteiger partial charge in [-0.3, -0.25) is 0 Å². The third-order valence-electron chi connectivity index (χ3n) is 1.63. The smallest absolute Gasteiger partial charge is 0.167 e. The molecule has 0 amide bonds. The van der Waals surface area contributed by atoms with Crippen LogP contribution in [0.2, 0.25) is 0 Å². The summed E-state index contributed by atoms with van der Waals surface area (Å²) in [6.45, 7) is 2.75. The Morgan fingerprint density at radius 1 is 1.43 bits per heavy atom. The van der Waals surface area contributed by atoms with Crippen molar-refractivity contribution in [1.29, 1.82) is 0 Å². The van der Waals surface area contributed by atoms with Crippen molar-refractivity contribution in [2.24, 2.45) is 0 Å². The van der Waals surface area contributed by atoms with Gasteiger partial charge in [-0.05, 0) is 14.0 Å². The Balaban J connectivity index is 2.24. The lowest BCUT2D eigenvalue weighted by atomic mass is 10.5. The van der Waals surface area contributed by atoms with Gasteiger partial charge in [-0.1, -0.05) is 11.3 Å². The number of aryl methyl sites for hydroxylation is 1. The molecular formula is C8H10N4S2. The van der Waals surface area contributed by atoms with Gasteiger partial charge in [-0.15, -0.1) is 21.5 Å². The number of thiazole rings is 1. The molecule has 0 bridgehead atoms. The zero-order valence-corrected chi connectivity index (χ0v) is 9.58. The van der Waals surface area contributed by atoms with Crippen LogP contribution >= 0.6 is 22.7 Å². The first-order valence-corrected chi connectivity index (χ1v) is 5.88. The van der Waals surface area contributed by atoms with Gasteiger partial charge in [0.1, 0.15) is 10.7 Å². The first-order chi connectivity index (χ1) is 6.79. The maximum atomic E-state index is 4.36. The molecule has 0 radical (unpaired) electrons. The number of aromatic nitrogens is 3. The Labute approximate surface area is 90.0 Å². The molecule has 0 saturated heterocycles. The molecule has 2 heterocycles. The first kappa shape index (κ1) is 9.70. The van der Waals surface area contributed by atoms with Crippen molar-refractivity contribution >= 4 is 22.7 Å². The largest absolute Gasteiger partial charge is 0.313 e. The Kier molecular flexibility index (Phi) is 2.85. The number of nitrogens with one attached hydrogen (secondary N) is 1. The van der Waals surface area contributed by atoms with E-state index in [-0.39, 0.29) is 0 Å². The number of hydrogen-bond acceptors (Lipinski definition) is 6. The quantitative estimate of drug-likeness (QED) is 0.865. The first-order valence-electron chi connectivity index (χ1n) is 4.19. The van der Waals surface area contributed by atoms with Gasteiger partial charge in [0, 0.05) is 11.9 Å². The maximum Gasteiger partial charge on any atom is 0.167 e. The van der Waals surface area contributed by atoms with Gasteiger partial charge >= 0.3 is 0 Å². The molecule has 14 heavy (non-hydrogen) atoms. The van der Waals surface area contributed by atoms with E-state index in [1.165, 1.54) is 0 Å². The van der Waals surface area contributed by atoms with Crippen LogP contribution in [0, 0.1) is 6.92 Å². The zero-order valence-electron chi connectivity index (χ0n) is 7.94. The Hall–Kier alpha value is -0.850. The predicted octanol–water partition coefficient (Wildman–Crippen LogP) is 1.69. The third kappa shape index (κ3) is 1.97. The van der Waals surface area contributed by atoms with Gasteiger partial charge in [0.2, 0.25) is 0 Å². The van der Waals surface area contributed by atoms with Gasteiger partial charge in [-0.25, -0.2) is 4.98 Å². The lowest BCUT2D eigenvalue weighted by molar-refractivity contribution is 0.794. The lowest BCUT2D eigenvalue weighted by Gasteiger charge is -1.87. The fourth-order valence-electron chi connectivity index (χ4n) is 1.04. The van der Waals surface area contributed by atoms with Crippen molar-refractivity contribution in [1.82, 2.24) is 20.5 Å². The molecule has 0 atom stereocenters. The SMILES string of the molecule is CNCc1nnc(-c2csc(C)n2)s1. The van der Waals surface area contributed by atoms with Gasteiger partial charge in [-0.2, -0.15) is 0 Å². The van der Waals surface area contributed by atoms with E-state index in [1.54, 1.807) is 22.7 Å². The molecule has 1 N–H and O–H groups in total. The molecule has 0 aliphatic rings. The standard InChI is InChI=1S/C8H10N4S2/c1-5-10-6(4-13-5)8-12-11-7(14-8)3-9-2/h4,9H,3H2,1-2H3. The van der Waals surface area contributed by atoms with Crippen molar-refractivity contribution in [3.8, 4) is 10.7 Å². The topological polar surface area (TPSA) is 50.7 Å². The Bertz CT molecular complexity index is 420. The summed E-state index contributed by atoms with van der Waals surface area (Å²) >= 11 is 3.22. The molecule has 0 aliphatic carbocycles. The molecule has 0 aromatic carbocycles. The van der Waals surface area contributed by atoms with Crippen LogP contribution in [0.5, 0.6) is 0 Å². The minimum absolute atomic E-state index is 0.765. The summed E-state index contributed by atoms with van der Waals surface area (Å²) in [4.78, 5) is 4.36. The van der Waals surface area contributed by atoms with Gasteiger partial charge in [0.25, 0.3) is 0 Å².